The van der Waals surface area contributed by atoms with Gasteiger partial charge in [-0.1, -0.05) is 25.1 Å². The molecule has 25 heavy (non-hydrogen) atoms. The van der Waals surface area contributed by atoms with E-state index < -0.39 is 0 Å². The first-order valence-electron chi connectivity index (χ1n) is 7.94. The van der Waals surface area contributed by atoms with E-state index in [4.69, 9.17) is 0 Å². The number of thiazole rings is 1. The lowest BCUT2D eigenvalue weighted by Gasteiger charge is -2.07. The predicted molar refractivity (Wildman–Crippen MR) is 101 cm³/mol. The maximum absolute atomic E-state index is 13.0. The van der Waals surface area contributed by atoms with Gasteiger partial charge >= 0.3 is 0 Å². The van der Waals surface area contributed by atoms with Crippen LogP contribution >= 0.6 is 11.3 Å². The fourth-order valence-electron chi connectivity index (χ4n) is 2.37. The molecule has 0 saturated heterocycles. The van der Waals surface area contributed by atoms with Crippen LogP contribution in [-0.2, 0) is 11.2 Å². The van der Waals surface area contributed by atoms with E-state index in [2.05, 4.69) is 10.3 Å². The van der Waals surface area contributed by atoms with Crippen molar-refractivity contribution in [3.05, 3.63) is 77.1 Å². The van der Waals surface area contributed by atoms with Crippen molar-refractivity contribution in [2.45, 2.75) is 13.3 Å². The smallest absolute Gasteiger partial charge is 0.248 e. The second-order valence-corrected chi connectivity index (χ2v) is 6.28. The first-order valence-corrected chi connectivity index (χ1v) is 8.82. The summed E-state index contributed by atoms with van der Waals surface area (Å²) >= 11 is 1.45. The number of amides is 1. The second kappa shape index (κ2) is 7.85. The summed E-state index contributed by atoms with van der Waals surface area (Å²) in [4.78, 5) is 16.6. The first kappa shape index (κ1) is 17.0. The molecular formula is C20H17FN2OS. The van der Waals surface area contributed by atoms with Crippen LogP contribution in [0.2, 0.25) is 0 Å². The van der Waals surface area contributed by atoms with Gasteiger partial charge in [-0.25, -0.2) is 9.37 Å². The number of benzene rings is 2. The van der Waals surface area contributed by atoms with Gasteiger partial charge in [0.1, 0.15) is 10.8 Å². The van der Waals surface area contributed by atoms with E-state index in [0.29, 0.717) is 5.69 Å². The number of aryl methyl sites for hydroxylation is 1. The normalized spacial score (nSPS) is 11.0. The minimum atomic E-state index is -0.274. The number of carbonyl (C=O) groups excluding carboxylic acids is 1. The number of nitrogens with one attached hydrogen (secondary N) is 1. The Bertz CT molecular complexity index is 900. The van der Waals surface area contributed by atoms with Gasteiger partial charge in [0.25, 0.3) is 0 Å². The van der Waals surface area contributed by atoms with E-state index in [1.165, 1.54) is 29.5 Å². The number of hydrogen-bond acceptors (Lipinski definition) is 3. The largest absolute Gasteiger partial charge is 0.322 e. The monoisotopic (exact) mass is 352 g/mol. The number of rotatable bonds is 5. The Kier molecular flexibility index (Phi) is 5.36. The lowest BCUT2D eigenvalue weighted by atomic mass is 10.1. The van der Waals surface area contributed by atoms with Crippen LogP contribution in [0, 0.1) is 5.82 Å². The molecule has 126 valence electrons. The van der Waals surface area contributed by atoms with Gasteiger partial charge in [-0.15, -0.1) is 11.3 Å². The van der Waals surface area contributed by atoms with Crippen LogP contribution in [0.15, 0.2) is 60.0 Å². The second-order valence-electron chi connectivity index (χ2n) is 5.42. The van der Waals surface area contributed by atoms with Gasteiger partial charge in [-0.2, -0.15) is 0 Å². The third-order valence-corrected chi connectivity index (χ3v) is 4.58. The Morgan fingerprint density at radius 1 is 1.20 bits per heavy atom. The number of aromatic nitrogens is 1. The standard InChI is InChI=1S/C20H17FN2OS/c1-2-14-5-3-4-6-18(14)23-19(24)12-11-17-13-25-20(22-17)15-7-9-16(21)10-8-15/h3-13H,2H2,1H3,(H,23,24)/b12-11+. The van der Waals surface area contributed by atoms with Crippen molar-refractivity contribution < 1.29 is 9.18 Å². The molecule has 1 amide bonds. The molecule has 0 atom stereocenters. The average molecular weight is 352 g/mol. The maximum atomic E-state index is 13.0. The van der Waals surface area contributed by atoms with Crippen molar-refractivity contribution in [2.75, 3.05) is 5.32 Å². The number of nitrogens with zero attached hydrogens (tertiary/aromatic N) is 1. The minimum absolute atomic E-state index is 0.197. The van der Waals surface area contributed by atoms with Gasteiger partial charge in [0, 0.05) is 22.7 Å². The molecule has 3 nitrogen and oxygen atoms in total. The molecule has 0 saturated carbocycles. The summed E-state index contributed by atoms with van der Waals surface area (Å²) in [7, 11) is 0. The van der Waals surface area contributed by atoms with Crippen LogP contribution in [-0.4, -0.2) is 10.9 Å². The Hall–Kier alpha value is -2.79. The van der Waals surface area contributed by atoms with E-state index in [1.54, 1.807) is 18.2 Å². The minimum Gasteiger partial charge on any atom is -0.322 e. The third-order valence-electron chi connectivity index (χ3n) is 3.67. The van der Waals surface area contributed by atoms with Gasteiger partial charge in [0.2, 0.25) is 5.91 Å². The molecule has 0 radical (unpaired) electrons. The number of anilines is 1. The number of para-hydroxylation sites is 1. The highest BCUT2D eigenvalue weighted by Gasteiger charge is 2.05. The molecule has 3 rings (SSSR count). The molecule has 0 bridgehead atoms. The van der Waals surface area contributed by atoms with Gasteiger partial charge in [-0.05, 0) is 48.4 Å². The van der Waals surface area contributed by atoms with E-state index in [0.717, 1.165) is 28.2 Å². The molecule has 0 aliphatic rings. The molecule has 0 fully saturated rings. The van der Waals surface area contributed by atoms with E-state index >= 15 is 0 Å². The summed E-state index contributed by atoms with van der Waals surface area (Å²) in [6, 6.07) is 13.9. The molecule has 1 N–H and O–H groups in total. The maximum Gasteiger partial charge on any atom is 0.248 e. The SMILES string of the molecule is CCc1ccccc1NC(=O)/C=C/c1csc(-c2ccc(F)cc2)n1. The summed E-state index contributed by atoms with van der Waals surface area (Å²) in [5.41, 5.74) is 3.47. The van der Waals surface area contributed by atoms with E-state index in [1.807, 2.05) is 36.6 Å². The van der Waals surface area contributed by atoms with Crippen LogP contribution in [0.3, 0.4) is 0 Å². The molecule has 3 aromatic rings. The Balaban J connectivity index is 1.68. The molecular weight excluding hydrogens is 335 g/mol. The number of carbonyl (C=O) groups is 1. The average Bonchev–Trinajstić information content (AvgIpc) is 3.10. The first-order chi connectivity index (χ1) is 12.2. The predicted octanol–water partition coefficient (Wildman–Crippen LogP) is 5.16. The summed E-state index contributed by atoms with van der Waals surface area (Å²) in [6.07, 6.45) is 4.00. The van der Waals surface area contributed by atoms with Gasteiger partial charge in [0.15, 0.2) is 0 Å². The zero-order valence-electron chi connectivity index (χ0n) is 13.7. The Morgan fingerprint density at radius 3 is 2.72 bits per heavy atom. The van der Waals surface area contributed by atoms with E-state index in [-0.39, 0.29) is 11.7 Å². The van der Waals surface area contributed by atoms with Crippen LogP contribution in [0.4, 0.5) is 10.1 Å². The molecule has 0 unspecified atom stereocenters. The highest BCUT2D eigenvalue weighted by atomic mass is 32.1. The molecule has 0 aliphatic carbocycles. The quantitative estimate of drug-likeness (QED) is 0.644. The van der Waals surface area contributed by atoms with Crippen molar-refractivity contribution in [3.63, 3.8) is 0 Å². The Labute approximate surface area is 149 Å². The fraction of sp³-hybridized carbons (Fsp3) is 0.100. The highest BCUT2D eigenvalue weighted by Crippen LogP contribution is 2.24. The van der Waals surface area contributed by atoms with Crippen LogP contribution in [0.1, 0.15) is 18.2 Å². The lowest BCUT2D eigenvalue weighted by Crippen LogP contribution is -2.09. The summed E-state index contributed by atoms with van der Waals surface area (Å²) < 4.78 is 13.0. The van der Waals surface area contributed by atoms with Crippen LogP contribution < -0.4 is 5.32 Å². The zero-order chi connectivity index (χ0) is 17.6. The Morgan fingerprint density at radius 2 is 1.96 bits per heavy atom. The molecule has 1 heterocycles. The van der Waals surface area contributed by atoms with Crippen molar-refractivity contribution in [1.29, 1.82) is 0 Å². The third kappa shape index (κ3) is 4.39. The summed E-state index contributed by atoms with van der Waals surface area (Å²) in [6.45, 7) is 2.05. The lowest BCUT2D eigenvalue weighted by molar-refractivity contribution is -0.111. The van der Waals surface area contributed by atoms with Gasteiger partial charge in [0.05, 0.1) is 5.69 Å². The van der Waals surface area contributed by atoms with Crippen molar-refractivity contribution in [2.24, 2.45) is 0 Å². The van der Waals surface area contributed by atoms with Crippen LogP contribution in [0.25, 0.3) is 16.6 Å². The van der Waals surface area contributed by atoms with Crippen LogP contribution in [0.5, 0.6) is 0 Å². The fourth-order valence-corrected chi connectivity index (χ4v) is 3.17. The molecule has 0 aliphatic heterocycles. The molecule has 5 heteroatoms. The molecule has 2 aromatic carbocycles. The molecule has 1 aromatic heterocycles. The summed E-state index contributed by atoms with van der Waals surface area (Å²) in [5, 5.41) is 5.54. The van der Waals surface area contributed by atoms with E-state index in [9.17, 15) is 9.18 Å². The summed E-state index contributed by atoms with van der Waals surface area (Å²) in [5.74, 6) is -0.471. The number of halogens is 1. The topological polar surface area (TPSA) is 42.0 Å². The van der Waals surface area contributed by atoms with Crippen molar-refractivity contribution in [3.8, 4) is 10.6 Å². The van der Waals surface area contributed by atoms with Crippen molar-refractivity contribution >= 4 is 29.0 Å². The highest BCUT2D eigenvalue weighted by molar-refractivity contribution is 7.13. The van der Waals surface area contributed by atoms with Crippen molar-refractivity contribution in [1.82, 2.24) is 4.98 Å². The zero-order valence-corrected chi connectivity index (χ0v) is 14.5. The number of hydrogen-bond donors (Lipinski definition) is 1. The van der Waals surface area contributed by atoms with Gasteiger partial charge < -0.3 is 5.32 Å². The molecule has 0 spiro atoms. The van der Waals surface area contributed by atoms with Gasteiger partial charge in [-0.3, -0.25) is 4.79 Å².